The topological polar surface area (TPSA) is 58.1 Å². The first-order valence-corrected chi connectivity index (χ1v) is 8.06. The Morgan fingerprint density at radius 2 is 2.14 bits per heavy atom. The molecule has 1 fully saturated rings. The van der Waals surface area contributed by atoms with E-state index in [1.165, 1.54) is 18.1 Å². The van der Waals surface area contributed by atoms with E-state index in [1.807, 2.05) is 0 Å². The predicted molar refractivity (Wildman–Crippen MR) is 88.8 cm³/mol. The summed E-state index contributed by atoms with van der Waals surface area (Å²) in [5.41, 5.74) is 1.59. The van der Waals surface area contributed by atoms with Crippen LogP contribution in [0.2, 0.25) is 0 Å². The highest BCUT2D eigenvalue weighted by atomic mass is 79.9. The monoisotopic (exact) mass is 360 g/mol. The van der Waals surface area contributed by atoms with Crippen LogP contribution in [0.1, 0.15) is 16.9 Å². The first-order valence-electron chi connectivity index (χ1n) is 7.27. The fourth-order valence-corrected chi connectivity index (χ4v) is 2.89. The van der Waals surface area contributed by atoms with Gasteiger partial charge in [0, 0.05) is 42.2 Å². The third-order valence-corrected chi connectivity index (χ3v) is 4.35. The molecule has 1 amide bonds. The smallest absolute Gasteiger partial charge is 0.271 e. The second-order valence-electron chi connectivity index (χ2n) is 5.38. The Morgan fingerprint density at radius 3 is 2.86 bits per heavy atom. The molecule has 0 aliphatic carbocycles. The maximum Gasteiger partial charge on any atom is 0.271 e. The molecule has 0 spiro atoms. The zero-order valence-electron chi connectivity index (χ0n) is 12.1. The molecule has 0 saturated carbocycles. The fourth-order valence-electron chi connectivity index (χ4n) is 2.63. The number of hydrogen-bond donors (Lipinski definition) is 1. The molecule has 6 heteroatoms. The molecule has 1 aromatic heterocycles. The average Bonchev–Trinajstić information content (AvgIpc) is 3.03. The van der Waals surface area contributed by atoms with Gasteiger partial charge < -0.3 is 10.2 Å². The first-order chi connectivity index (χ1) is 10.7. The van der Waals surface area contributed by atoms with Crippen molar-refractivity contribution in [3.05, 3.63) is 53.0 Å². The van der Waals surface area contributed by atoms with Crippen molar-refractivity contribution >= 4 is 27.5 Å². The number of hydrogen-bond acceptors (Lipinski definition) is 4. The van der Waals surface area contributed by atoms with E-state index in [2.05, 4.69) is 60.4 Å². The van der Waals surface area contributed by atoms with Crippen molar-refractivity contribution in [2.75, 3.05) is 24.5 Å². The van der Waals surface area contributed by atoms with Gasteiger partial charge in [-0.1, -0.05) is 15.9 Å². The molecule has 1 atom stereocenters. The van der Waals surface area contributed by atoms with Crippen LogP contribution in [0.15, 0.2) is 47.3 Å². The summed E-state index contributed by atoms with van der Waals surface area (Å²) in [5.74, 6) is 0.305. The summed E-state index contributed by atoms with van der Waals surface area (Å²) in [5, 5.41) is 2.95. The van der Waals surface area contributed by atoms with E-state index in [9.17, 15) is 4.79 Å². The quantitative estimate of drug-likeness (QED) is 0.909. The number of nitrogens with zero attached hydrogens (tertiary/aromatic N) is 3. The van der Waals surface area contributed by atoms with Crippen LogP contribution >= 0.6 is 15.9 Å². The summed E-state index contributed by atoms with van der Waals surface area (Å²) in [7, 11) is 0. The zero-order chi connectivity index (χ0) is 15.4. The van der Waals surface area contributed by atoms with Crippen molar-refractivity contribution in [2.45, 2.75) is 6.42 Å². The van der Waals surface area contributed by atoms with Gasteiger partial charge in [-0.25, -0.2) is 4.98 Å². The lowest BCUT2D eigenvalue weighted by molar-refractivity contribution is 0.0943. The maximum atomic E-state index is 12.0. The summed E-state index contributed by atoms with van der Waals surface area (Å²) in [4.78, 5) is 22.2. The summed E-state index contributed by atoms with van der Waals surface area (Å²) in [6.45, 7) is 2.65. The Kier molecular flexibility index (Phi) is 4.68. The van der Waals surface area contributed by atoms with Gasteiger partial charge in [0.1, 0.15) is 5.69 Å². The molecule has 1 aromatic carbocycles. The third-order valence-electron chi connectivity index (χ3n) is 3.82. The molecule has 0 radical (unpaired) electrons. The molecular formula is C16H17BrN4O. The largest absolute Gasteiger partial charge is 0.371 e. The molecule has 1 aliphatic rings. The van der Waals surface area contributed by atoms with E-state index in [0.717, 1.165) is 24.0 Å². The van der Waals surface area contributed by atoms with Crippen molar-refractivity contribution in [1.29, 1.82) is 0 Å². The third kappa shape index (κ3) is 3.62. The summed E-state index contributed by atoms with van der Waals surface area (Å²) >= 11 is 3.45. The summed E-state index contributed by atoms with van der Waals surface area (Å²) in [6, 6.07) is 8.34. The van der Waals surface area contributed by atoms with Crippen LogP contribution in [0, 0.1) is 5.92 Å². The van der Waals surface area contributed by atoms with Gasteiger partial charge in [0.05, 0.1) is 6.20 Å². The lowest BCUT2D eigenvalue weighted by Gasteiger charge is -2.19. The van der Waals surface area contributed by atoms with E-state index in [4.69, 9.17) is 0 Å². The Bertz CT molecular complexity index is 632. The number of aromatic nitrogens is 2. The highest BCUT2D eigenvalue weighted by Gasteiger charge is 2.23. The molecular weight excluding hydrogens is 344 g/mol. The molecule has 0 bridgehead atoms. The van der Waals surface area contributed by atoms with Crippen molar-refractivity contribution < 1.29 is 4.79 Å². The number of carbonyl (C=O) groups is 1. The van der Waals surface area contributed by atoms with Crippen LogP contribution in [-0.2, 0) is 0 Å². The highest BCUT2D eigenvalue weighted by molar-refractivity contribution is 9.10. The van der Waals surface area contributed by atoms with Gasteiger partial charge in [-0.05, 0) is 36.6 Å². The van der Waals surface area contributed by atoms with Crippen LogP contribution in [0.4, 0.5) is 5.69 Å². The predicted octanol–water partition coefficient (Wildman–Crippen LogP) is 2.50. The molecule has 114 valence electrons. The molecule has 22 heavy (non-hydrogen) atoms. The first kappa shape index (κ1) is 15.0. The number of rotatable bonds is 4. The van der Waals surface area contributed by atoms with Gasteiger partial charge in [0.15, 0.2) is 0 Å². The maximum absolute atomic E-state index is 12.0. The lowest BCUT2D eigenvalue weighted by atomic mass is 10.1. The van der Waals surface area contributed by atoms with Crippen molar-refractivity contribution in [2.24, 2.45) is 5.92 Å². The van der Waals surface area contributed by atoms with Gasteiger partial charge in [-0.15, -0.1) is 0 Å². The van der Waals surface area contributed by atoms with E-state index >= 15 is 0 Å². The Hall–Kier alpha value is -1.95. The number of amides is 1. The minimum atomic E-state index is -0.157. The standard InChI is InChI=1S/C16H17BrN4O/c17-13-1-3-14(4-2-13)21-8-5-12(11-21)9-20-16(22)15-10-18-6-7-19-15/h1-4,6-7,10,12H,5,8-9,11H2,(H,20,22)/t12-/m1/s1. The molecule has 1 N–H and O–H groups in total. The number of anilines is 1. The van der Waals surface area contributed by atoms with Crippen LogP contribution in [0.5, 0.6) is 0 Å². The number of halogens is 1. The molecule has 1 aliphatic heterocycles. The number of benzene rings is 1. The minimum absolute atomic E-state index is 0.157. The second kappa shape index (κ2) is 6.87. The molecule has 2 aromatic rings. The highest BCUT2D eigenvalue weighted by Crippen LogP contribution is 2.24. The molecule has 2 heterocycles. The number of carbonyl (C=O) groups excluding carboxylic acids is 1. The zero-order valence-corrected chi connectivity index (χ0v) is 13.7. The van der Waals surface area contributed by atoms with Crippen LogP contribution in [-0.4, -0.2) is 35.5 Å². The average molecular weight is 361 g/mol. The molecule has 5 nitrogen and oxygen atoms in total. The normalized spacial score (nSPS) is 17.5. The lowest BCUT2D eigenvalue weighted by Crippen LogP contribution is -2.31. The SMILES string of the molecule is O=C(NC[C@H]1CCN(c2ccc(Br)cc2)C1)c1cnccn1. The van der Waals surface area contributed by atoms with Crippen LogP contribution in [0.25, 0.3) is 0 Å². The van der Waals surface area contributed by atoms with Gasteiger partial charge in [-0.2, -0.15) is 0 Å². The van der Waals surface area contributed by atoms with E-state index in [1.54, 1.807) is 6.20 Å². The summed E-state index contributed by atoms with van der Waals surface area (Å²) < 4.78 is 1.09. The minimum Gasteiger partial charge on any atom is -0.371 e. The Labute approximate surface area is 137 Å². The van der Waals surface area contributed by atoms with Crippen molar-refractivity contribution in [1.82, 2.24) is 15.3 Å². The van der Waals surface area contributed by atoms with Crippen LogP contribution < -0.4 is 10.2 Å². The molecule has 1 saturated heterocycles. The Balaban J connectivity index is 1.51. The Morgan fingerprint density at radius 1 is 1.32 bits per heavy atom. The van der Waals surface area contributed by atoms with Gasteiger partial charge in [-0.3, -0.25) is 9.78 Å². The van der Waals surface area contributed by atoms with E-state index in [0.29, 0.717) is 18.2 Å². The van der Waals surface area contributed by atoms with Gasteiger partial charge in [0.2, 0.25) is 0 Å². The van der Waals surface area contributed by atoms with Crippen molar-refractivity contribution in [3.63, 3.8) is 0 Å². The van der Waals surface area contributed by atoms with Crippen LogP contribution in [0.3, 0.4) is 0 Å². The summed E-state index contributed by atoms with van der Waals surface area (Å²) in [6.07, 6.45) is 5.65. The van der Waals surface area contributed by atoms with Crippen molar-refractivity contribution in [3.8, 4) is 0 Å². The van der Waals surface area contributed by atoms with E-state index in [-0.39, 0.29) is 5.91 Å². The number of nitrogens with one attached hydrogen (secondary N) is 1. The van der Waals surface area contributed by atoms with E-state index < -0.39 is 0 Å². The van der Waals surface area contributed by atoms with Gasteiger partial charge in [0.25, 0.3) is 5.91 Å². The molecule has 0 unspecified atom stereocenters. The second-order valence-corrected chi connectivity index (χ2v) is 6.29. The fraction of sp³-hybridized carbons (Fsp3) is 0.312. The molecule has 3 rings (SSSR count). The van der Waals surface area contributed by atoms with Gasteiger partial charge >= 0.3 is 0 Å².